The molecule has 0 amide bonds. The van der Waals surface area contributed by atoms with Gasteiger partial charge in [0.2, 0.25) is 0 Å². The average molecular weight is 367 g/mol. The molecule has 1 N–H and O–H groups in total. The van der Waals surface area contributed by atoms with Crippen molar-refractivity contribution in [2.24, 2.45) is 0 Å². The summed E-state index contributed by atoms with van der Waals surface area (Å²) in [6.45, 7) is 0.443. The minimum absolute atomic E-state index is 0.214. The summed E-state index contributed by atoms with van der Waals surface area (Å²) < 4.78 is 11.2. The largest absolute Gasteiger partial charge is 0.493 e. The van der Waals surface area contributed by atoms with E-state index in [0.29, 0.717) is 23.1 Å². The second-order valence-electron chi connectivity index (χ2n) is 5.39. The Bertz CT molecular complexity index is 919. The van der Waals surface area contributed by atoms with Gasteiger partial charge in [-0.3, -0.25) is 0 Å². The Morgan fingerprint density at radius 3 is 2.65 bits per heavy atom. The maximum absolute atomic E-state index is 10.9. The van der Waals surface area contributed by atoms with Crippen LogP contribution < -0.4 is 9.47 Å². The molecule has 5 nitrogen and oxygen atoms in total. The van der Waals surface area contributed by atoms with Crippen LogP contribution in [0, 0.1) is 0 Å². The van der Waals surface area contributed by atoms with Gasteiger partial charge in [0.1, 0.15) is 16.5 Å². The van der Waals surface area contributed by atoms with Crippen molar-refractivity contribution in [2.45, 2.75) is 6.61 Å². The Balaban J connectivity index is 1.75. The number of carbonyl (C=O) groups is 1. The number of methoxy groups -OCH3 is 1. The Labute approximate surface area is 155 Å². The Morgan fingerprint density at radius 1 is 1.15 bits per heavy atom. The molecule has 3 rings (SSSR count). The fraction of sp³-hybridized carbons (Fsp3) is 0.100. The number of nitrogens with zero attached hydrogens (tertiary/aromatic N) is 1. The SMILES string of the molecule is COc1ccc(/C=C/c2ncc(C(=O)O)s2)cc1OCc1ccccc1. The van der Waals surface area contributed by atoms with Crippen LogP contribution in [0.25, 0.3) is 12.2 Å². The van der Waals surface area contributed by atoms with Gasteiger partial charge in [-0.25, -0.2) is 9.78 Å². The first-order valence-corrected chi connectivity index (χ1v) is 8.69. The number of ether oxygens (including phenoxy) is 2. The van der Waals surface area contributed by atoms with Crippen LogP contribution in [0.3, 0.4) is 0 Å². The Kier molecular flexibility index (Phi) is 5.66. The number of hydrogen-bond donors (Lipinski definition) is 1. The van der Waals surface area contributed by atoms with Crippen LogP contribution in [0.15, 0.2) is 54.7 Å². The molecule has 0 atom stereocenters. The van der Waals surface area contributed by atoms with E-state index in [1.165, 1.54) is 6.20 Å². The fourth-order valence-electron chi connectivity index (χ4n) is 2.28. The third kappa shape index (κ3) is 4.49. The van der Waals surface area contributed by atoms with E-state index in [4.69, 9.17) is 14.6 Å². The predicted molar refractivity (Wildman–Crippen MR) is 102 cm³/mol. The van der Waals surface area contributed by atoms with Crippen molar-refractivity contribution in [3.05, 3.63) is 75.7 Å². The summed E-state index contributed by atoms with van der Waals surface area (Å²) >= 11 is 1.13. The number of carboxylic acids is 1. The highest BCUT2D eigenvalue weighted by Gasteiger charge is 2.08. The maximum Gasteiger partial charge on any atom is 0.347 e. The molecular formula is C20H17NO4S. The topological polar surface area (TPSA) is 68.7 Å². The lowest BCUT2D eigenvalue weighted by molar-refractivity contribution is 0.0702. The van der Waals surface area contributed by atoms with Crippen molar-refractivity contribution in [3.63, 3.8) is 0 Å². The van der Waals surface area contributed by atoms with Gasteiger partial charge < -0.3 is 14.6 Å². The van der Waals surface area contributed by atoms with E-state index in [1.54, 1.807) is 13.2 Å². The number of benzene rings is 2. The van der Waals surface area contributed by atoms with E-state index < -0.39 is 5.97 Å². The zero-order valence-electron chi connectivity index (χ0n) is 14.1. The highest BCUT2D eigenvalue weighted by Crippen LogP contribution is 2.29. The van der Waals surface area contributed by atoms with E-state index in [2.05, 4.69) is 4.98 Å². The fourth-order valence-corrected chi connectivity index (χ4v) is 2.94. The Morgan fingerprint density at radius 2 is 1.96 bits per heavy atom. The van der Waals surface area contributed by atoms with Crippen LogP contribution in [0.5, 0.6) is 11.5 Å². The minimum Gasteiger partial charge on any atom is -0.493 e. The molecule has 1 heterocycles. The van der Waals surface area contributed by atoms with Gasteiger partial charge in [0.25, 0.3) is 0 Å². The molecule has 2 aromatic carbocycles. The summed E-state index contributed by atoms with van der Waals surface area (Å²) in [4.78, 5) is 15.2. The zero-order chi connectivity index (χ0) is 18.4. The van der Waals surface area contributed by atoms with Crippen LogP contribution in [0.4, 0.5) is 0 Å². The first-order valence-electron chi connectivity index (χ1n) is 7.87. The smallest absolute Gasteiger partial charge is 0.347 e. The van der Waals surface area contributed by atoms with E-state index in [9.17, 15) is 4.79 Å². The second kappa shape index (κ2) is 8.31. The normalized spacial score (nSPS) is 10.8. The molecule has 0 unspecified atom stereocenters. The summed E-state index contributed by atoms with van der Waals surface area (Å²) in [7, 11) is 1.60. The summed E-state index contributed by atoms with van der Waals surface area (Å²) in [5, 5.41) is 9.58. The monoisotopic (exact) mass is 367 g/mol. The van der Waals surface area contributed by atoms with E-state index in [0.717, 1.165) is 22.5 Å². The zero-order valence-corrected chi connectivity index (χ0v) is 14.9. The number of aromatic nitrogens is 1. The van der Waals surface area contributed by atoms with Gasteiger partial charge in [0.05, 0.1) is 13.3 Å². The molecule has 0 radical (unpaired) electrons. The van der Waals surface area contributed by atoms with E-state index >= 15 is 0 Å². The molecule has 0 aliphatic heterocycles. The molecule has 0 spiro atoms. The van der Waals surface area contributed by atoms with Gasteiger partial charge in [-0.2, -0.15) is 0 Å². The first-order chi connectivity index (χ1) is 12.7. The maximum atomic E-state index is 10.9. The molecule has 0 aliphatic carbocycles. The lowest BCUT2D eigenvalue weighted by Gasteiger charge is -2.11. The number of carboxylic acid groups (broad SMARTS) is 1. The summed E-state index contributed by atoms with van der Waals surface area (Å²) in [6.07, 6.45) is 4.99. The number of aromatic carboxylic acids is 1. The average Bonchev–Trinajstić information content (AvgIpc) is 3.15. The van der Waals surface area contributed by atoms with Gasteiger partial charge in [0, 0.05) is 0 Å². The highest BCUT2D eigenvalue weighted by atomic mass is 32.1. The number of hydrogen-bond acceptors (Lipinski definition) is 5. The second-order valence-corrected chi connectivity index (χ2v) is 6.45. The van der Waals surface area contributed by atoms with Gasteiger partial charge in [-0.15, -0.1) is 11.3 Å². The van der Waals surface area contributed by atoms with Crippen molar-refractivity contribution in [1.82, 2.24) is 4.98 Å². The number of rotatable bonds is 7. The molecule has 3 aromatic rings. The molecule has 0 bridgehead atoms. The molecule has 26 heavy (non-hydrogen) atoms. The van der Waals surface area contributed by atoms with Crippen LogP contribution in [-0.2, 0) is 6.61 Å². The van der Waals surface area contributed by atoms with Crippen molar-refractivity contribution in [2.75, 3.05) is 7.11 Å². The predicted octanol–water partition coefficient (Wildman–Crippen LogP) is 4.60. The quantitative estimate of drug-likeness (QED) is 0.661. The standard InChI is InChI=1S/C20H17NO4S/c1-24-16-9-7-14(8-10-19-21-12-18(26-19)20(22)23)11-17(16)25-13-15-5-3-2-4-6-15/h2-12H,13H2,1H3,(H,22,23)/b10-8+. The lowest BCUT2D eigenvalue weighted by Crippen LogP contribution is -1.97. The summed E-state index contributed by atoms with van der Waals surface area (Å²) in [5.74, 6) is 0.326. The lowest BCUT2D eigenvalue weighted by atomic mass is 10.2. The van der Waals surface area contributed by atoms with Gasteiger partial charge >= 0.3 is 5.97 Å². The molecule has 0 fully saturated rings. The van der Waals surface area contributed by atoms with Crippen molar-refractivity contribution in [1.29, 1.82) is 0 Å². The molecule has 132 valence electrons. The van der Waals surface area contributed by atoms with E-state index in [-0.39, 0.29) is 4.88 Å². The van der Waals surface area contributed by atoms with Gasteiger partial charge in [-0.1, -0.05) is 42.5 Å². The third-order valence-corrected chi connectivity index (χ3v) is 4.53. The van der Waals surface area contributed by atoms with Gasteiger partial charge in [0.15, 0.2) is 11.5 Å². The van der Waals surface area contributed by atoms with Crippen LogP contribution >= 0.6 is 11.3 Å². The van der Waals surface area contributed by atoms with E-state index in [1.807, 2.05) is 54.6 Å². The molecule has 6 heteroatoms. The van der Waals surface area contributed by atoms with Crippen LogP contribution in [0.2, 0.25) is 0 Å². The number of thiazole rings is 1. The first kappa shape index (κ1) is 17.7. The summed E-state index contributed by atoms with van der Waals surface area (Å²) in [6, 6.07) is 15.5. The van der Waals surface area contributed by atoms with Crippen LogP contribution in [-0.4, -0.2) is 23.2 Å². The molecule has 1 aromatic heterocycles. The van der Waals surface area contributed by atoms with Crippen molar-refractivity contribution in [3.8, 4) is 11.5 Å². The molecule has 0 aliphatic rings. The molecule has 0 saturated heterocycles. The molecule has 0 saturated carbocycles. The van der Waals surface area contributed by atoms with Crippen LogP contribution in [0.1, 0.15) is 25.8 Å². The minimum atomic E-state index is -0.969. The van der Waals surface area contributed by atoms with Crippen molar-refractivity contribution >= 4 is 29.5 Å². The van der Waals surface area contributed by atoms with Gasteiger partial charge in [-0.05, 0) is 29.3 Å². The summed E-state index contributed by atoms with van der Waals surface area (Å²) in [5.41, 5.74) is 1.97. The highest BCUT2D eigenvalue weighted by molar-refractivity contribution is 7.14. The van der Waals surface area contributed by atoms with Crippen molar-refractivity contribution < 1.29 is 19.4 Å². The Hall–Kier alpha value is -3.12. The molecular weight excluding hydrogens is 350 g/mol. The third-order valence-electron chi connectivity index (χ3n) is 3.58.